The standard InChI is InChI=1S/C12H13F2N3S/c1-7(15)4-9-6-18-12(16-9)17-11-3-2-8(13)5-10(11)14/h2-3,5-7H,4,15H2,1H3,(H,16,17). The van der Waals surface area contributed by atoms with Crippen LogP contribution in [0.1, 0.15) is 12.6 Å². The fourth-order valence-electron chi connectivity index (χ4n) is 1.49. The number of halogens is 2. The molecule has 0 bridgehead atoms. The number of rotatable bonds is 4. The molecule has 0 saturated carbocycles. The number of hydrogen-bond acceptors (Lipinski definition) is 4. The molecule has 1 heterocycles. The van der Waals surface area contributed by atoms with Gasteiger partial charge in [-0.15, -0.1) is 11.3 Å². The third-order valence-electron chi connectivity index (χ3n) is 2.26. The molecule has 2 aromatic rings. The zero-order chi connectivity index (χ0) is 13.1. The van der Waals surface area contributed by atoms with Crippen LogP contribution < -0.4 is 11.1 Å². The zero-order valence-electron chi connectivity index (χ0n) is 9.78. The minimum Gasteiger partial charge on any atom is -0.329 e. The maximum Gasteiger partial charge on any atom is 0.187 e. The Bertz CT molecular complexity index is 540. The number of aromatic nitrogens is 1. The highest BCUT2D eigenvalue weighted by Gasteiger charge is 2.08. The van der Waals surface area contributed by atoms with Crippen molar-refractivity contribution in [2.45, 2.75) is 19.4 Å². The molecule has 0 fully saturated rings. The quantitative estimate of drug-likeness (QED) is 0.897. The minimum atomic E-state index is -0.640. The molecule has 0 saturated heterocycles. The average Bonchev–Trinajstić information content (AvgIpc) is 2.69. The Morgan fingerprint density at radius 1 is 1.44 bits per heavy atom. The summed E-state index contributed by atoms with van der Waals surface area (Å²) < 4.78 is 26.1. The fourth-order valence-corrected chi connectivity index (χ4v) is 2.23. The third-order valence-corrected chi connectivity index (χ3v) is 3.06. The molecule has 1 unspecified atom stereocenters. The van der Waals surface area contributed by atoms with Crippen LogP contribution in [0.15, 0.2) is 23.6 Å². The van der Waals surface area contributed by atoms with E-state index in [1.54, 1.807) is 0 Å². The van der Waals surface area contributed by atoms with Crippen LogP contribution in [0.3, 0.4) is 0 Å². The summed E-state index contributed by atoms with van der Waals surface area (Å²) in [5, 5.41) is 5.25. The topological polar surface area (TPSA) is 50.9 Å². The fraction of sp³-hybridized carbons (Fsp3) is 0.250. The normalized spacial score (nSPS) is 12.4. The van der Waals surface area contributed by atoms with Crippen molar-refractivity contribution >= 4 is 22.2 Å². The third kappa shape index (κ3) is 3.24. The lowest BCUT2D eigenvalue weighted by Gasteiger charge is -2.04. The summed E-state index contributed by atoms with van der Waals surface area (Å²) in [7, 11) is 0. The molecule has 1 atom stereocenters. The van der Waals surface area contributed by atoms with E-state index in [4.69, 9.17) is 5.73 Å². The number of hydrogen-bond donors (Lipinski definition) is 2. The summed E-state index contributed by atoms with van der Waals surface area (Å²) in [6.07, 6.45) is 0.671. The number of nitrogens with one attached hydrogen (secondary N) is 1. The zero-order valence-corrected chi connectivity index (χ0v) is 10.6. The highest BCUT2D eigenvalue weighted by Crippen LogP contribution is 2.23. The first-order valence-corrected chi connectivity index (χ1v) is 6.34. The van der Waals surface area contributed by atoms with Crippen molar-refractivity contribution in [3.63, 3.8) is 0 Å². The second-order valence-electron chi connectivity index (χ2n) is 4.07. The van der Waals surface area contributed by atoms with Gasteiger partial charge in [-0.3, -0.25) is 0 Å². The summed E-state index contributed by atoms with van der Waals surface area (Å²) in [5.74, 6) is -1.24. The lowest BCUT2D eigenvalue weighted by atomic mass is 10.2. The molecule has 3 nitrogen and oxygen atoms in total. The van der Waals surface area contributed by atoms with Crippen molar-refractivity contribution in [1.29, 1.82) is 0 Å². The van der Waals surface area contributed by atoms with E-state index >= 15 is 0 Å². The van der Waals surface area contributed by atoms with Crippen LogP contribution in [0, 0.1) is 11.6 Å². The predicted molar refractivity (Wildman–Crippen MR) is 69.1 cm³/mol. The largest absolute Gasteiger partial charge is 0.329 e. The Labute approximate surface area is 108 Å². The summed E-state index contributed by atoms with van der Waals surface area (Å²) in [6.45, 7) is 1.89. The van der Waals surface area contributed by atoms with Gasteiger partial charge >= 0.3 is 0 Å². The number of anilines is 2. The molecule has 1 aromatic heterocycles. The van der Waals surface area contributed by atoms with Crippen molar-refractivity contribution in [2.75, 3.05) is 5.32 Å². The number of nitrogens with two attached hydrogens (primary N) is 1. The van der Waals surface area contributed by atoms with Gasteiger partial charge in [0.1, 0.15) is 11.6 Å². The van der Waals surface area contributed by atoms with Crippen molar-refractivity contribution < 1.29 is 8.78 Å². The summed E-state index contributed by atoms with van der Waals surface area (Å²) in [4.78, 5) is 4.28. The maximum absolute atomic E-state index is 13.4. The van der Waals surface area contributed by atoms with Gasteiger partial charge in [-0.1, -0.05) is 0 Å². The number of thiazole rings is 1. The molecule has 0 aliphatic rings. The second kappa shape index (κ2) is 5.41. The van der Waals surface area contributed by atoms with E-state index in [2.05, 4.69) is 10.3 Å². The van der Waals surface area contributed by atoms with Crippen molar-refractivity contribution in [1.82, 2.24) is 4.98 Å². The summed E-state index contributed by atoms with van der Waals surface area (Å²) in [6, 6.07) is 3.40. The van der Waals surface area contributed by atoms with E-state index in [0.717, 1.165) is 11.8 Å². The van der Waals surface area contributed by atoms with Crippen molar-refractivity contribution in [3.8, 4) is 0 Å². The molecule has 0 radical (unpaired) electrons. The first kappa shape index (κ1) is 12.9. The number of benzene rings is 1. The molecule has 6 heteroatoms. The monoisotopic (exact) mass is 269 g/mol. The Hall–Kier alpha value is -1.53. The number of nitrogens with zero attached hydrogens (tertiary/aromatic N) is 1. The average molecular weight is 269 g/mol. The molecule has 18 heavy (non-hydrogen) atoms. The second-order valence-corrected chi connectivity index (χ2v) is 4.93. The summed E-state index contributed by atoms with van der Waals surface area (Å²) in [5.41, 5.74) is 6.74. The van der Waals surface area contributed by atoms with E-state index in [0.29, 0.717) is 11.6 Å². The first-order valence-electron chi connectivity index (χ1n) is 5.46. The van der Waals surface area contributed by atoms with Crippen LogP contribution in [0.2, 0.25) is 0 Å². The van der Waals surface area contributed by atoms with Crippen molar-refractivity contribution in [2.24, 2.45) is 5.73 Å². The van der Waals surface area contributed by atoms with Gasteiger partial charge in [0.05, 0.1) is 11.4 Å². The highest BCUT2D eigenvalue weighted by atomic mass is 32.1. The van der Waals surface area contributed by atoms with Crippen LogP contribution in [0.4, 0.5) is 19.6 Å². The molecule has 3 N–H and O–H groups in total. The SMILES string of the molecule is CC(N)Cc1csc(Nc2ccc(F)cc2F)n1. The van der Waals surface area contributed by atoms with Crippen LogP contribution >= 0.6 is 11.3 Å². The Kier molecular flexibility index (Phi) is 3.88. The Morgan fingerprint density at radius 3 is 2.89 bits per heavy atom. The smallest absolute Gasteiger partial charge is 0.187 e. The van der Waals surface area contributed by atoms with Crippen LogP contribution in [-0.4, -0.2) is 11.0 Å². The Balaban J connectivity index is 2.11. The van der Waals surface area contributed by atoms with Gasteiger partial charge in [-0.2, -0.15) is 0 Å². The molecular formula is C12H13F2N3S. The van der Waals surface area contributed by atoms with Crippen LogP contribution in [0.5, 0.6) is 0 Å². The van der Waals surface area contributed by atoms with E-state index < -0.39 is 11.6 Å². The van der Waals surface area contributed by atoms with E-state index in [9.17, 15) is 8.78 Å². The molecule has 0 spiro atoms. The predicted octanol–water partition coefficient (Wildman–Crippen LogP) is 3.05. The van der Waals surface area contributed by atoms with Crippen LogP contribution in [0.25, 0.3) is 0 Å². The van der Waals surface area contributed by atoms with Crippen molar-refractivity contribution in [3.05, 3.63) is 40.9 Å². The van der Waals surface area contributed by atoms with Gasteiger partial charge in [-0.05, 0) is 19.1 Å². The van der Waals surface area contributed by atoms with Crippen LogP contribution in [-0.2, 0) is 6.42 Å². The molecule has 2 rings (SSSR count). The molecular weight excluding hydrogens is 256 g/mol. The lowest BCUT2D eigenvalue weighted by Crippen LogP contribution is -2.17. The Morgan fingerprint density at radius 2 is 2.22 bits per heavy atom. The molecule has 1 aromatic carbocycles. The van der Waals surface area contributed by atoms with E-state index in [1.165, 1.54) is 23.5 Å². The van der Waals surface area contributed by atoms with E-state index in [-0.39, 0.29) is 11.7 Å². The maximum atomic E-state index is 13.4. The van der Waals surface area contributed by atoms with Gasteiger partial charge in [0.2, 0.25) is 0 Å². The first-order chi connectivity index (χ1) is 8.54. The highest BCUT2D eigenvalue weighted by molar-refractivity contribution is 7.13. The molecule has 96 valence electrons. The van der Waals surface area contributed by atoms with E-state index in [1.807, 2.05) is 12.3 Å². The summed E-state index contributed by atoms with van der Waals surface area (Å²) >= 11 is 1.36. The minimum absolute atomic E-state index is 0.0301. The lowest BCUT2D eigenvalue weighted by molar-refractivity contribution is 0.586. The van der Waals surface area contributed by atoms with Gasteiger partial charge in [0, 0.05) is 23.9 Å². The molecule has 0 aliphatic carbocycles. The van der Waals surface area contributed by atoms with Gasteiger partial charge in [-0.25, -0.2) is 13.8 Å². The van der Waals surface area contributed by atoms with Gasteiger partial charge in [0.25, 0.3) is 0 Å². The van der Waals surface area contributed by atoms with Gasteiger partial charge < -0.3 is 11.1 Å². The molecule has 0 aliphatic heterocycles. The van der Waals surface area contributed by atoms with Gasteiger partial charge in [0.15, 0.2) is 5.13 Å². The molecule has 0 amide bonds.